The first kappa shape index (κ1) is 19.4. The van der Waals surface area contributed by atoms with E-state index in [9.17, 15) is 13.2 Å². The molecule has 0 N–H and O–H groups in total. The normalized spacial score (nSPS) is 18.4. The summed E-state index contributed by atoms with van der Waals surface area (Å²) in [5.41, 5.74) is -0.00265. The quantitative estimate of drug-likeness (QED) is 0.559. The van der Waals surface area contributed by atoms with Gasteiger partial charge in [0.25, 0.3) is 6.29 Å². The van der Waals surface area contributed by atoms with Crippen LogP contribution in [0.1, 0.15) is 39.7 Å². The smallest absolute Gasteiger partial charge is 0.453 e. The van der Waals surface area contributed by atoms with Crippen LogP contribution in [0.25, 0.3) is 0 Å². The lowest BCUT2D eigenvalue weighted by molar-refractivity contribution is -0.0842. The first-order chi connectivity index (χ1) is 11.5. The number of carbonyl (C=O) groups excluding carboxylic acids is 1. The predicted molar refractivity (Wildman–Crippen MR) is 91.2 cm³/mol. The Kier molecular flexibility index (Phi) is 5.51. The second kappa shape index (κ2) is 7.11. The van der Waals surface area contributed by atoms with Crippen LogP contribution in [0.15, 0.2) is 18.2 Å². The van der Waals surface area contributed by atoms with Crippen molar-refractivity contribution in [3.8, 4) is 11.5 Å². The van der Waals surface area contributed by atoms with E-state index in [2.05, 4.69) is 0 Å². The summed E-state index contributed by atoms with van der Waals surface area (Å²) in [7, 11) is -3.63. The summed E-state index contributed by atoms with van der Waals surface area (Å²) in [5.74, 6) is 1.11. The van der Waals surface area contributed by atoms with E-state index >= 15 is 0 Å². The molecule has 1 unspecified atom stereocenters. The molecular formula is C17H24O7S. The van der Waals surface area contributed by atoms with Gasteiger partial charge in [0.1, 0.15) is 11.5 Å². The highest BCUT2D eigenvalue weighted by Gasteiger charge is 2.45. The molecule has 8 heteroatoms. The van der Waals surface area contributed by atoms with Gasteiger partial charge in [0.05, 0.1) is 18.3 Å². The molecule has 140 valence electrons. The minimum atomic E-state index is -3.63. The molecule has 7 nitrogen and oxygen atoms in total. The predicted octanol–water partition coefficient (Wildman–Crippen LogP) is 3.22. The Balaban J connectivity index is 2.07. The first-order valence-electron chi connectivity index (χ1n) is 8.03. The Hall–Kier alpha value is -1.96. The molecule has 0 saturated heterocycles. The van der Waals surface area contributed by atoms with E-state index in [1.165, 1.54) is 6.07 Å². The van der Waals surface area contributed by atoms with Crippen molar-refractivity contribution in [2.45, 2.75) is 45.8 Å². The minimum absolute atomic E-state index is 0.179. The molecule has 0 radical (unpaired) electrons. The van der Waals surface area contributed by atoms with E-state index < -0.39 is 28.0 Å². The Bertz CT molecular complexity index is 737. The highest BCUT2D eigenvalue weighted by Crippen LogP contribution is 2.44. The molecule has 1 atom stereocenters. The number of carbonyl (C=O) groups is 1. The van der Waals surface area contributed by atoms with Crippen LogP contribution in [-0.4, -0.2) is 33.7 Å². The topological polar surface area (TPSA) is 88.1 Å². The third kappa shape index (κ3) is 5.01. The lowest BCUT2D eigenvalue weighted by atomic mass is 9.85. The summed E-state index contributed by atoms with van der Waals surface area (Å²) in [6.45, 7) is 8.00. The van der Waals surface area contributed by atoms with E-state index in [0.717, 1.165) is 12.7 Å². The fourth-order valence-electron chi connectivity index (χ4n) is 2.40. The van der Waals surface area contributed by atoms with Crippen molar-refractivity contribution in [1.29, 1.82) is 0 Å². The lowest BCUT2D eigenvalue weighted by Crippen LogP contribution is -2.36. The average Bonchev–Trinajstić information content (AvgIpc) is 2.68. The number of benzene rings is 1. The molecule has 1 aromatic carbocycles. The molecule has 0 aliphatic carbocycles. The summed E-state index contributed by atoms with van der Waals surface area (Å²) in [6, 6.07) is 4.65. The van der Waals surface area contributed by atoms with Gasteiger partial charge in [0, 0.05) is 5.56 Å². The summed E-state index contributed by atoms with van der Waals surface area (Å²) in [5, 5.41) is 0. The molecule has 0 spiro atoms. The molecule has 0 aromatic heterocycles. The van der Waals surface area contributed by atoms with E-state index in [1.807, 2.05) is 27.7 Å². The zero-order valence-corrected chi connectivity index (χ0v) is 15.9. The molecule has 1 aromatic rings. The molecule has 1 aliphatic rings. The van der Waals surface area contributed by atoms with Crippen LogP contribution in [0.4, 0.5) is 4.79 Å². The van der Waals surface area contributed by atoms with Crippen LogP contribution in [0, 0.1) is 5.92 Å². The van der Waals surface area contributed by atoms with Crippen LogP contribution in [0.2, 0.25) is 0 Å². The Morgan fingerprint density at radius 3 is 2.60 bits per heavy atom. The lowest BCUT2D eigenvalue weighted by Gasteiger charge is -2.25. The maximum atomic E-state index is 11.8. The van der Waals surface area contributed by atoms with Gasteiger partial charge in [-0.15, -0.1) is 0 Å². The molecule has 0 saturated carbocycles. The van der Waals surface area contributed by atoms with E-state index in [1.54, 1.807) is 12.1 Å². The summed E-state index contributed by atoms with van der Waals surface area (Å²) in [4.78, 5) is 11.8. The van der Waals surface area contributed by atoms with E-state index in [4.69, 9.17) is 18.4 Å². The van der Waals surface area contributed by atoms with Gasteiger partial charge >= 0.3 is 16.3 Å². The monoisotopic (exact) mass is 372 g/mol. The number of rotatable bonds is 6. The van der Waals surface area contributed by atoms with Crippen molar-refractivity contribution in [3.05, 3.63) is 23.8 Å². The SMILES string of the molecule is CC(C)CCOC(=O)OC1Oc2ccc(OS(C)(=O)=O)cc2C1(C)C. The number of hydrogen-bond acceptors (Lipinski definition) is 7. The van der Waals surface area contributed by atoms with Crippen molar-refractivity contribution in [2.24, 2.45) is 5.92 Å². The van der Waals surface area contributed by atoms with Crippen LogP contribution in [0.5, 0.6) is 11.5 Å². The zero-order chi connectivity index (χ0) is 18.8. The van der Waals surface area contributed by atoms with E-state index in [0.29, 0.717) is 17.2 Å². The van der Waals surface area contributed by atoms with E-state index in [-0.39, 0.29) is 12.4 Å². The summed E-state index contributed by atoms with van der Waals surface area (Å²) < 4.78 is 43.5. The van der Waals surface area contributed by atoms with Crippen LogP contribution >= 0.6 is 0 Å². The van der Waals surface area contributed by atoms with Crippen molar-refractivity contribution in [2.75, 3.05) is 12.9 Å². The highest BCUT2D eigenvalue weighted by molar-refractivity contribution is 7.86. The maximum absolute atomic E-state index is 11.8. The molecule has 25 heavy (non-hydrogen) atoms. The fourth-order valence-corrected chi connectivity index (χ4v) is 2.86. The number of hydrogen-bond donors (Lipinski definition) is 0. The van der Waals surface area contributed by atoms with Gasteiger partial charge in [-0.05, 0) is 44.4 Å². The van der Waals surface area contributed by atoms with Gasteiger partial charge in [-0.2, -0.15) is 8.42 Å². The molecule has 0 bridgehead atoms. The largest absolute Gasteiger partial charge is 0.511 e. The molecule has 1 aliphatic heterocycles. The molecular weight excluding hydrogens is 348 g/mol. The van der Waals surface area contributed by atoms with Crippen molar-refractivity contribution in [3.63, 3.8) is 0 Å². The average molecular weight is 372 g/mol. The second-order valence-corrected chi connectivity index (χ2v) is 8.59. The maximum Gasteiger partial charge on any atom is 0.511 e. The van der Waals surface area contributed by atoms with Gasteiger partial charge < -0.3 is 18.4 Å². The number of ether oxygens (including phenoxy) is 3. The van der Waals surface area contributed by atoms with Gasteiger partial charge in [-0.3, -0.25) is 0 Å². The van der Waals surface area contributed by atoms with Crippen molar-refractivity contribution < 1.29 is 31.6 Å². The van der Waals surface area contributed by atoms with Crippen molar-refractivity contribution in [1.82, 2.24) is 0 Å². The van der Waals surface area contributed by atoms with Crippen LogP contribution in [-0.2, 0) is 25.0 Å². The zero-order valence-electron chi connectivity index (χ0n) is 15.1. The molecule has 1 heterocycles. The third-order valence-electron chi connectivity index (χ3n) is 3.83. The summed E-state index contributed by atoms with van der Waals surface area (Å²) in [6.07, 6.45) is 0.0545. The minimum Gasteiger partial charge on any atom is -0.453 e. The Labute approximate surface area is 148 Å². The second-order valence-electron chi connectivity index (χ2n) is 7.02. The fraction of sp³-hybridized carbons (Fsp3) is 0.588. The standard InChI is InChI=1S/C17H24O7S/c1-11(2)8-9-21-16(18)23-15-17(3,4)13-10-12(24-25(5,19)20)6-7-14(13)22-15/h6-7,10-11,15H,8-9H2,1-5H3. The van der Waals surface area contributed by atoms with Gasteiger partial charge in [-0.1, -0.05) is 13.8 Å². The van der Waals surface area contributed by atoms with Gasteiger partial charge in [0.15, 0.2) is 0 Å². The third-order valence-corrected chi connectivity index (χ3v) is 4.33. The van der Waals surface area contributed by atoms with Gasteiger partial charge in [0.2, 0.25) is 0 Å². The Morgan fingerprint density at radius 1 is 1.32 bits per heavy atom. The van der Waals surface area contributed by atoms with Crippen LogP contribution < -0.4 is 8.92 Å². The molecule has 0 fully saturated rings. The summed E-state index contributed by atoms with van der Waals surface area (Å²) >= 11 is 0. The number of fused-ring (bicyclic) bond motifs is 1. The molecule has 2 rings (SSSR count). The Morgan fingerprint density at radius 2 is 2.00 bits per heavy atom. The highest BCUT2D eigenvalue weighted by atomic mass is 32.2. The molecule has 0 amide bonds. The first-order valence-corrected chi connectivity index (χ1v) is 9.85. The van der Waals surface area contributed by atoms with Crippen molar-refractivity contribution >= 4 is 16.3 Å². The van der Waals surface area contributed by atoms with Gasteiger partial charge in [-0.25, -0.2) is 4.79 Å². The van der Waals surface area contributed by atoms with Crippen LogP contribution in [0.3, 0.4) is 0 Å².